The second-order valence-electron chi connectivity index (χ2n) is 11.2. The maximum absolute atomic E-state index is 13.8. The molecule has 3 heterocycles. The lowest BCUT2D eigenvalue weighted by Crippen LogP contribution is -2.60. The van der Waals surface area contributed by atoms with Crippen molar-refractivity contribution in [1.29, 1.82) is 0 Å². The van der Waals surface area contributed by atoms with Crippen LogP contribution in [0.5, 0.6) is 0 Å². The molecule has 0 spiro atoms. The van der Waals surface area contributed by atoms with E-state index in [1.54, 1.807) is 66.3 Å². The molecule has 0 radical (unpaired) electrons. The number of aliphatic hydroxyl groups excluding tert-OH is 5. The number of allylic oxidation sites excluding steroid dienone is 1. The first-order valence-corrected chi connectivity index (χ1v) is 14.6. The van der Waals surface area contributed by atoms with Crippen LogP contribution < -0.4 is 10.2 Å². The molecule has 45 heavy (non-hydrogen) atoms. The summed E-state index contributed by atoms with van der Waals surface area (Å²) in [6.07, 6.45) is -2.22. The number of hydrogen-bond acceptors (Lipinski definition) is 11. The van der Waals surface area contributed by atoms with Crippen molar-refractivity contribution >= 4 is 23.2 Å². The van der Waals surface area contributed by atoms with Crippen LogP contribution >= 0.6 is 0 Å². The molecular formula is C31H37N5O9. The number of aliphatic hydroxyl groups is 6. The van der Waals surface area contributed by atoms with Crippen molar-refractivity contribution in [3.8, 4) is 0 Å². The number of anilines is 2. The topological polar surface area (TPSA) is 211 Å². The second-order valence-corrected chi connectivity index (χ2v) is 11.2. The normalized spacial score (nSPS) is 27.1. The smallest absolute Gasteiger partial charge is 0.264 e. The summed E-state index contributed by atoms with van der Waals surface area (Å²) >= 11 is 0. The Hall–Kier alpha value is -4.02. The summed E-state index contributed by atoms with van der Waals surface area (Å²) in [7, 11) is 0. The maximum Gasteiger partial charge on any atom is 0.264 e. The summed E-state index contributed by atoms with van der Waals surface area (Å²) in [5, 5.41) is 70.7. The number of aromatic nitrogens is 3. The Kier molecular flexibility index (Phi) is 9.74. The molecule has 1 aromatic heterocycles. The Balaban J connectivity index is 1.23. The molecule has 7 atom stereocenters. The van der Waals surface area contributed by atoms with Crippen molar-refractivity contribution in [2.45, 2.75) is 69.2 Å². The van der Waals surface area contributed by atoms with Crippen molar-refractivity contribution < 1.29 is 45.0 Å². The number of aryl methyl sites for hydroxylation is 1. The van der Waals surface area contributed by atoms with E-state index in [9.17, 15) is 35.1 Å². The van der Waals surface area contributed by atoms with Crippen LogP contribution in [0.3, 0.4) is 0 Å². The fraction of sp³-hybridized carbons (Fsp3) is 0.419. The number of rotatable bonds is 11. The Morgan fingerprint density at radius 2 is 1.82 bits per heavy atom. The van der Waals surface area contributed by atoms with Crippen molar-refractivity contribution in [3.63, 3.8) is 0 Å². The first-order valence-electron chi connectivity index (χ1n) is 14.6. The molecule has 0 unspecified atom stereocenters. The molecule has 2 aromatic carbocycles. The van der Waals surface area contributed by atoms with Crippen molar-refractivity contribution in [2.75, 3.05) is 16.8 Å². The van der Waals surface area contributed by atoms with Gasteiger partial charge in [-0.1, -0.05) is 54.6 Å². The lowest BCUT2D eigenvalue weighted by Gasteiger charge is -2.37. The predicted molar refractivity (Wildman–Crippen MR) is 159 cm³/mol. The largest absolute Gasteiger partial charge is 0.396 e. The Morgan fingerprint density at radius 1 is 1.09 bits per heavy atom. The molecule has 7 N–H and O–H groups in total. The summed E-state index contributed by atoms with van der Waals surface area (Å²) in [5.74, 6) is -1.85. The third kappa shape index (κ3) is 6.53. The van der Waals surface area contributed by atoms with E-state index in [1.807, 2.05) is 12.2 Å². The van der Waals surface area contributed by atoms with Gasteiger partial charge in [-0.25, -0.2) is 0 Å². The summed E-state index contributed by atoms with van der Waals surface area (Å²) < 4.78 is 6.65. The van der Waals surface area contributed by atoms with Gasteiger partial charge in [0.1, 0.15) is 18.3 Å². The first kappa shape index (κ1) is 32.4. The number of para-hydroxylation sites is 1. The molecule has 2 aliphatic rings. The van der Waals surface area contributed by atoms with E-state index in [1.165, 1.54) is 4.90 Å². The van der Waals surface area contributed by atoms with Gasteiger partial charge in [0.25, 0.3) is 11.8 Å². The summed E-state index contributed by atoms with van der Waals surface area (Å²) in [6.45, 7) is 2.48. The molecule has 1 saturated heterocycles. The van der Waals surface area contributed by atoms with Crippen molar-refractivity contribution in [1.82, 2.24) is 15.0 Å². The van der Waals surface area contributed by atoms with E-state index in [0.717, 1.165) is 0 Å². The summed E-state index contributed by atoms with van der Waals surface area (Å²) in [5.41, 5.74) is 1.04. The van der Waals surface area contributed by atoms with Crippen molar-refractivity contribution in [2.24, 2.45) is 5.92 Å². The minimum atomic E-state index is -1.84. The van der Waals surface area contributed by atoms with Crippen LogP contribution in [0, 0.1) is 5.92 Å². The van der Waals surface area contributed by atoms with Gasteiger partial charge in [0.2, 0.25) is 0 Å². The molecule has 0 bridgehead atoms. The average molecular weight is 624 g/mol. The number of hydrogen-bond donors (Lipinski definition) is 7. The number of nitrogens with zero attached hydrogens (tertiary/aromatic N) is 4. The minimum Gasteiger partial charge on any atom is -0.396 e. The van der Waals surface area contributed by atoms with Gasteiger partial charge >= 0.3 is 0 Å². The van der Waals surface area contributed by atoms with Crippen LogP contribution in [0.1, 0.15) is 30.2 Å². The Bertz CT molecular complexity index is 1530. The van der Waals surface area contributed by atoms with Gasteiger partial charge in [-0.05, 0) is 30.2 Å². The van der Waals surface area contributed by atoms with Gasteiger partial charge in [-0.3, -0.25) is 14.3 Å². The SMILES string of the molecule is C[C@H](/C=C/CCn1cc(CCO)nn1)[C@@]1(O)C(=O)N(Cc2ccc(NC(=O)[C@H]3O[C@@H](O)[C@H](O)[C@@H](O)[C@@H]3O)cc2)c2ccccc21. The lowest BCUT2D eigenvalue weighted by atomic mass is 9.83. The van der Waals surface area contributed by atoms with Crippen LogP contribution in [0.2, 0.25) is 0 Å². The number of fused-ring (bicyclic) bond motifs is 1. The third-order valence-corrected chi connectivity index (χ3v) is 8.15. The third-order valence-electron chi connectivity index (χ3n) is 8.15. The van der Waals surface area contributed by atoms with Gasteiger partial charge in [0, 0.05) is 42.9 Å². The number of amides is 2. The van der Waals surface area contributed by atoms with Crippen LogP contribution in [0.25, 0.3) is 0 Å². The fourth-order valence-electron chi connectivity index (χ4n) is 5.55. The van der Waals surface area contributed by atoms with Gasteiger partial charge in [0.05, 0.1) is 17.9 Å². The monoisotopic (exact) mass is 623 g/mol. The molecule has 2 aliphatic heterocycles. The Morgan fingerprint density at radius 3 is 2.56 bits per heavy atom. The first-order chi connectivity index (χ1) is 21.5. The molecule has 2 amide bonds. The van der Waals surface area contributed by atoms with Gasteiger partial charge < -0.3 is 45.6 Å². The van der Waals surface area contributed by atoms with E-state index in [-0.39, 0.29) is 13.2 Å². The van der Waals surface area contributed by atoms with Crippen molar-refractivity contribution in [3.05, 3.63) is 83.7 Å². The molecule has 240 valence electrons. The van der Waals surface area contributed by atoms with Gasteiger partial charge in [-0.2, -0.15) is 0 Å². The van der Waals surface area contributed by atoms with E-state index in [0.29, 0.717) is 47.6 Å². The van der Waals surface area contributed by atoms with E-state index in [4.69, 9.17) is 9.84 Å². The molecular weight excluding hydrogens is 586 g/mol. The fourth-order valence-corrected chi connectivity index (χ4v) is 5.55. The lowest BCUT2D eigenvalue weighted by molar-refractivity contribution is -0.274. The predicted octanol–water partition coefficient (Wildman–Crippen LogP) is -0.432. The Labute approximate surface area is 258 Å². The molecule has 0 saturated carbocycles. The van der Waals surface area contributed by atoms with E-state index in [2.05, 4.69) is 15.6 Å². The highest BCUT2D eigenvalue weighted by atomic mass is 16.6. The number of ether oxygens (including phenoxy) is 1. The van der Waals surface area contributed by atoms with Crippen LogP contribution in [0.15, 0.2) is 66.9 Å². The second kappa shape index (κ2) is 13.5. The van der Waals surface area contributed by atoms with E-state index < -0.39 is 54.0 Å². The number of carbonyl (C=O) groups excluding carboxylic acids is 2. The average Bonchev–Trinajstić information content (AvgIpc) is 3.57. The minimum absolute atomic E-state index is 0.00134. The summed E-state index contributed by atoms with van der Waals surface area (Å²) in [6, 6.07) is 13.6. The standard InChI is InChI=1S/C31H37N5O9/c1-18(6-4-5-14-35-17-21(13-15-37)33-34-35)31(44)22-7-2-3-8-23(22)36(30(31)43)16-19-9-11-20(12-10-19)32-28(41)27-25(39)24(38)26(40)29(42)45-27/h2-4,6-12,17-18,24-27,29,37-40,42,44H,5,13-16H2,1H3,(H,32,41)/b6-4+/t18-,24+,25+,26-,27+,29-,31+/m1/s1. The highest BCUT2D eigenvalue weighted by molar-refractivity contribution is 6.07. The summed E-state index contributed by atoms with van der Waals surface area (Å²) in [4.78, 5) is 28.0. The van der Waals surface area contributed by atoms with E-state index >= 15 is 0 Å². The molecule has 14 nitrogen and oxygen atoms in total. The zero-order chi connectivity index (χ0) is 32.3. The number of carbonyl (C=O) groups is 2. The van der Waals surface area contributed by atoms with Crippen LogP contribution in [0.4, 0.5) is 11.4 Å². The molecule has 5 rings (SSSR count). The highest BCUT2D eigenvalue weighted by Gasteiger charge is 2.52. The quantitative estimate of drug-likeness (QED) is 0.136. The molecule has 0 aliphatic carbocycles. The number of benzene rings is 2. The number of nitrogens with one attached hydrogen (secondary N) is 1. The van der Waals surface area contributed by atoms with Gasteiger partial charge in [-0.15, -0.1) is 5.10 Å². The van der Waals surface area contributed by atoms with Crippen LogP contribution in [-0.2, 0) is 39.4 Å². The van der Waals surface area contributed by atoms with Gasteiger partial charge in [0.15, 0.2) is 18.0 Å². The molecule has 14 heteroatoms. The molecule has 3 aromatic rings. The zero-order valence-electron chi connectivity index (χ0n) is 24.5. The maximum atomic E-state index is 13.8. The highest BCUT2D eigenvalue weighted by Crippen LogP contribution is 2.45. The molecule has 1 fully saturated rings. The zero-order valence-corrected chi connectivity index (χ0v) is 24.5. The van der Waals surface area contributed by atoms with Crippen LogP contribution in [-0.4, -0.2) is 94.8 Å².